The number of nitrogens with one attached hydrogen (secondary N) is 3. The normalized spacial score (nSPS) is 20.7. The Balaban J connectivity index is 1.15. The Hall–Kier alpha value is -4.13. The number of nitrogens with two attached hydrogens (primary N) is 1. The number of hydrogen-bond acceptors (Lipinski definition) is 7. The van der Waals surface area contributed by atoms with Crippen LogP contribution in [0.3, 0.4) is 0 Å². The lowest BCUT2D eigenvalue weighted by Crippen LogP contribution is -2.57. The predicted octanol–water partition coefficient (Wildman–Crippen LogP) is 3.02. The van der Waals surface area contributed by atoms with Crippen LogP contribution < -0.4 is 16.4 Å². The number of fused-ring (bicyclic) bond motifs is 3. The van der Waals surface area contributed by atoms with Crippen molar-refractivity contribution < 1.29 is 28.2 Å². The molecule has 3 aliphatic rings. The van der Waals surface area contributed by atoms with Crippen molar-refractivity contribution in [2.75, 3.05) is 26.3 Å². The fraction of sp³-hybridized carbons (Fsp3) is 0.333. The lowest BCUT2D eigenvalue weighted by Gasteiger charge is -2.33. The summed E-state index contributed by atoms with van der Waals surface area (Å²) in [5, 5.41) is 15.0. The molecule has 2 aromatic carbocycles. The third-order valence-electron chi connectivity index (χ3n) is 8.00. The second-order valence-corrected chi connectivity index (χ2v) is 11.5. The zero-order valence-electron chi connectivity index (χ0n) is 22.8. The number of likely N-dealkylation sites (tertiary alicyclic amines) is 1. The molecule has 1 aliphatic carbocycles. The van der Waals surface area contributed by atoms with Gasteiger partial charge in [-0.05, 0) is 47.4 Å². The topological polar surface area (TPSA) is 147 Å². The summed E-state index contributed by atoms with van der Waals surface area (Å²) < 4.78 is 26.6. The highest BCUT2D eigenvalue weighted by Gasteiger charge is 2.57. The number of amides is 3. The summed E-state index contributed by atoms with van der Waals surface area (Å²) in [5.74, 6) is -2.72. The number of carbonyl (C=O) groups is 3. The first kappa shape index (κ1) is 28.0. The molecule has 1 spiro atoms. The SMILES string of the molecule is C[C@@H](NC(=O)C1N(C(=O)CNC(=O)c2ccc3c(c2)-c2ccccc2C3F)CCC12OCCO2)c1cc(C(=N)N)cs1. The van der Waals surface area contributed by atoms with Gasteiger partial charge in [-0.15, -0.1) is 11.3 Å². The van der Waals surface area contributed by atoms with Crippen molar-refractivity contribution >= 4 is 34.9 Å². The number of thiophene rings is 1. The van der Waals surface area contributed by atoms with E-state index < -0.39 is 41.8 Å². The highest BCUT2D eigenvalue weighted by atomic mass is 32.1. The molecule has 3 aromatic rings. The smallest absolute Gasteiger partial charge is 0.251 e. The number of benzene rings is 2. The Kier molecular flexibility index (Phi) is 7.29. The molecule has 2 unspecified atom stereocenters. The summed E-state index contributed by atoms with van der Waals surface area (Å²) in [7, 11) is 0. The maximum atomic E-state index is 14.9. The van der Waals surface area contributed by atoms with Crippen LogP contribution >= 0.6 is 11.3 Å². The third-order valence-corrected chi connectivity index (χ3v) is 9.12. The lowest BCUT2D eigenvalue weighted by molar-refractivity contribution is -0.183. The molecule has 6 rings (SSSR count). The monoisotopic (exact) mass is 591 g/mol. The van der Waals surface area contributed by atoms with E-state index in [-0.39, 0.29) is 18.9 Å². The summed E-state index contributed by atoms with van der Waals surface area (Å²) in [6, 6.07) is 12.2. The van der Waals surface area contributed by atoms with Gasteiger partial charge in [0.2, 0.25) is 11.8 Å². The highest BCUT2D eigenvalue weighted by Crippen LogP contribution is 2.45. The molecule has 3 atom stereocenters. The number of halogens is 1. The van der Waals surface area contributed by atoms with Gasteiger partial charge in [-0.3, -0.25) is 19.8 Å². The van der Waals surface area contributed by atoms with Crippen LogP contribution in [0.1, 0.15) is 57.5 Å². The Morgan fingerprint density at radius 2 is 1.86 bits per heavy atom. The van der Waals surface area contributed by atoms with E-state index in [1.54, 1.807) is 48.7 Å². The first-order valence-corrected chi connectivity index (χ1v) is 14.5. The molecule has 10 nitrogen and oxygen atoms in total. The molecule has 12 heteroatoms. The predicted molar refractivity (Wildman–Crippen MR) is 154 cm³/mol. The van der Waals surface area contributed by atoms with E-state index in [9.17, 15) is 18.8 Å². The maximum Gasteiger partial charge on any atom is 0.251 e. The van der Waals surface area contributed by atoms with Gasteiger partial charge in [0.1, 0.15) is 5.84 Å². The van der Waals surface area contributed by atoms with Crippen molar-refractivity contribution in [2.45, 2.75) is 37.4 Å². The van der Waals surface area contributed by atoms with Crippen LogP contribution in [0, 0.1) is 5.41 Å². The van der Waals surface area contributed by atoms with Gasteiger partial charge in [-0.1, -0.05) is 30.3 Å². The summed E-state index contributed by atoms with van der Waals surface area (Å²) in [4.78, 5) is 42.2. The Morgan fingerprint density at radius 3 is 2.60 bits per heavy atom. The van der Waals surface area contributed by atoms with Crippen LogP contribution in [-0.2, 0) is 19.1 Å². The van der Waals surface area contributed by atoms with E-state index in [4.69, 9.17) is 20.6 Å². The highest BCUT2D eigenvalue weighted by molar-refractivity contribution is 7.10. The van der Waals surface area contributed by atoms with Gasteiger partial charge in [-0.2, -0.15) is 0 Å². The maximum absolute atomic E-state index is 14.9. The summed E-state index contributed by atoms with van der Waals surface area (Å²) in [5.41, 5.74) is 8.91. The molecule has 3 heterocycles. The average Bonchev–Trinajstić information content (AvgIpc) is 3.79. The fourth-order valence-corrected chi connectivity index (χ4v) is 6.81. The van der Waals surface area contributed by atoms with Crippen LogP contribution in [0.25, 0.3) is 11.1 Å². The molecule has 5 N–H and O–H groups in total. The van der Waals surface area contributed by atoms with Crippen molar-refractivity contribution in [1.29, 1.82) is 5.41 Å². The van der Waals surface area contributed by atoms with Gasteiger partial charge in [-0.25, -0.2) is 4.39 Å². The van der Waals surface area contributed by atoms with Crippen LogP contribution in [-0.4, -0.2) is 66.6 Å². The molecule has 218 valence electrons. The molecule has 2 saturated heterocycles. The Morgan fingerprint density at radius 1 is 1.12 bits per heavy atom. The van der Waals surface area contributed by atoms with Gasteiger partial charge in [0.05, 0.1) is 25.8 Å². The standard InChI is InChI=1S/C30H30FN5O5S/c1-16(23-13-18(15-42-23)27(32)33)35-29(39)26-30(40-10-11-41-30)8-9-36(26)24(37)14-34-28(38)17-6-7-21-22(12-17)19-4-2-3-5-20(19)25(21)31/h2-7,12-13,15-16,25-26H,8-11,14H2,1H3,(H3,32,33)(H,34,38)(H,35,39)/t16-,25?,26?/m1/s1. The summed E-state index contributed by atoms with van der Waals surface area (Å²) in [6.07, 6.45) is -0.944. The van der Waals surface area contributed by atoms with Crippen molar-refractivity contribution in [3.05, 3.63) is 81.0 Å². The van der Waals surface area contributed by atoms with Crippen LogP contribution in [0.5, 0.6) is 0 Å². The minimum Gasteiger partial charge on any atom is -0.384 e. The van der Waals surface area contributed by atoms with Gasteiger partial charge < -0.3 is 30.7 Å². The largest absolute Gasteiger partial charge is 0.384 e. The number of ether oxygens (including phenoxy) is 2. The van der Waals surface area contributed by atoms with Crippen LogP contribution in [0.15, 0.2) is 53.9 Å². The molecule has 2 aliphatic heterocycles. The molecule has 0 radical (unpaired) electrons. The first-order valence-electron chi connectivity index (χ1n) is 13.6. The minimum absolute atomic E-state index is 0.0614. The molecule has 2 fully saturated rings. The summed E-state index contributed by atoms with van der Waals surface area (Å²) >= 11 is 1.37. The number of amidine groups is 1. The first-order chi connectivity index (χ1) is 20.2. The molecule has 1 aromatic heterocycles. The summed E-state index contributed by atoms with van der Waals surface area (Å²) in [6.45, 7) is 2.26. The third kappa shape index (κ3) is 4.85. The van der Waals surface area contributed by atoms with Gasteiger partial charge in [0.15, 0.2) is 18.0 Å². The van der Waals surface area contributed by atoms with E-state index in [1.165, 1.54) is 16.2 Å². The van der Waals surface area contributed by atoms with Gasteiger partial charge in [0.25, 0.3) is 5.91 Å². The molecular weight excluding hydrogens is 561 g/mol. The van der Waals surface area contributed by atoms with Crippen molar-refractivity contribution in [3.63, 3.8) is 0 Å². The van der Waals surface area contributed by atoms with E-state index in [0.29, 0.717) is 47.5 Å². The van der Waals surface area contributed by atoms with Crippen molar-refractivity contribution in [2.24, 2.45) is 5.73 Å². The molecule has 0 saturated carbocycles. The number of hydrogen-bond donors (Lipinski definition) is 4. The molecule has 42 heavy (non-hydrogen) atoms. The second-order valence-electron chi connectivity index (χ2n) is 10.6. The average molecular weight is 592 g/mol. The fourth-order valence-electron chi connectivity index (χ4n) is 5.89. The molecular formula is C30H30FN5O5S. The molecule has 0 bridgehead atoms. The van der Waals surface area contributed by atoms with Gasteiger partial charge >= 0.3 is 0 Å². The number of carbonyl (C=O) groups excluding carboxylic acids is 3. The quantitative estimate of drug-likeness (QED) is 0.245. The van der Waals surface area contributed by atoms with Crippen LogP contribution in [0.2, 0.25) is 0 Å². The molecule has 3 amide bonds. The van der Waals surface area contributed by atoms with Gasteiger partial charge in [0, 0.05) is 34.3 Å². The van der Waals surface area contributed by atoms with Crippen molar-refractivity contribution in [3.8, 4) is 11.1 Å². The van der Waals surface area contributed by atoms with Crippen LogP contribution in [0.4, 0.5) is 4.39 Å². The number of rotatable bonds is 7. The lowest BCUT2D eigenvalue weighted by atomic mass is 10.0. The number of nitrogen functional groups attached to an aromatic ring is 1. The van der Waals surface area contributed by atoms with E-state index in [0.717, 1.165) is 10.4 Å². The zero-order valence-corrected chi connectivity index (χ0v) is 23.6. The second kappa shape index (κ2) is 10.9. The van der Waals surface area contributed by atoms with E-state index in [2.05, 4.69) is 10.6 Å². The number of nitrogens with zero attached hydrogens (tertiary/aromatic N) is 1. The number of alkyl halides is 1. The zero-order chi connectivity index (χ0) is 29.6. The van der Waals surface area contributed by atoms with E-state index in [1.807, 2.05) is 12.1 Å². The van der Waals surface area contributed by atoms with E-state index >= 15 is 0 Å². The minimum atomic E-state index is -1.26. The Labute approximate surface area is 245 Å². The van der Waals surface area contributed by atoms with Crippen molar-refractivity contribution in [1.82, 2.24) is 15.5 Å². The Bertz CT molecular complexity index is 1590.